The van der Waals surface area contributed by atoms with Crippen molar-refractivity contribution in [2.24, 2.45) is 9.98 Å². The smallest absolute Gasteiger partial charge is 0.327 e. The molecule has 0 aliphatic carbocycles. The molecule has 0 aromatic heterocycles. The first-order chi connectivity index (χ1) is 20.0. The third-order valence-corrected chi connectivity index (χ3v) is 6.37. The fourth-order valence-corrected chi connectivity index (χ4v) is 3.93. The molecule has 0 saturated carbocycles. The third kappa shape index (κ3) is 9.13. The summed E-state index contributed by atoms with van der Waals surface area (Å²) in [5, 5.41) is 8.68. The van der Waals surface area contributed by atoms with Crippen molar-refractivity contribution in [3.8, 4) is 17.2 Å². The molecule has 12 nitrogen and oxygen atoms in total. The zero-order valence-electron chi connectivity index (χ0n) is 24.4. The standard InChI is InChI=1S/C28H35Cl2N7O5/c1-9-24(38)34-19-14-17(42-13-12-36(4)5)10-11-18(19)33-22(31-2)16-23(32-3)37(6)28(39)35-27-25(29)20(40-7)15-21(41-8)26(27)30/h9-11,14-16,33H,1-2,12-13H2,3-8H3,(H,34,38)(H,35,39)/b22-16+,32-23?. The van der Waals surface area contributed by atoms with Crippen LogP contribution >= 0.6 is 23.2 Å². The van der Waals surface area contributed by atoms with Crippen molar-refractivity contribution in [3.05, 3.63) is 58.9 Å². The van der Waals surface area contributed by atoms with E-state index in [1.807, 2.05) is 19.0 Å². The second-order valence-corrected chi connectivity index (χ2v) is 9.48. The van der Waals surface area contributed by atoms with E-state index >= 15 is 0 Å². The van der Waals surface area contributed by atoms with E-state index in [0.29, 0.717) is 30.3 Å². The minimum absolute atomic E-state index is 0.0916. The van der Waals surface area contributed by atoms with Crippen LogP contribution in [-0.2, 0) is 4.79 Å². The molecule has 0 heterocycles. The molecule has 3 N–H and O–H groups in total. The van der Waals surface area contributed by atoms with Gasteiger partial charge in [0, 0.05) is 38.8 Å². The fraction of sp³-hybridized carbons (Fsp3) is 0.286. The molecule has 0 aliphatic rings. The van der Waals surface area contributed by atoms with Crippen LogP contribution in [0.3, 0.4) is 0 Å². The second kappa shape index (κ2) is 16.2. The van der Waals surface area contributed by atoms with Crippen molar-refractivity contribution in [2.45, 2.75) is 0 Å². The summed E-state index contributed by atoms with van der Waals surface area (Å²) in [6.45, 7) is 8.28. The van der Waals surface area contributed by atoms with Gasteiger partial charge in [-0.25, -0.2) is 9.79 Å². The first-order valence-electron chi connectivity index (χ1n) is 12.4. The molecule has 0 saturated heterocycles. The molecule has 42 heavy (non-hydrogen) atoms. The van der Waals surface area contributed by atoms with Gasteiger partial charge in [0.05, 0.1) is 31.3 Å². The van der Waals surface area contributed by atoms with E-state index in [4.69, 9.17) is 37.4 Å². The van der Waals surface area contributed by atoms with Crippen molar-refractivity contribution in [1.82, 2.24) is 9.80 Å². The Kier molecular flexibility index (Phi) is 13.1. The normalized spacial score (nSPS) is 11.5. The average molecular weight is 621 g/mol. The first-order valence-corrected chi connectivity index (χ1v) is 13.2. The minimum Gasteiger partial charge on any atom is -0.495 e. The summed E-state index contributed by atoms with van der Waals surface area (Å²) in [7, 11) is 9.73. The lowest BCUT2D eigenvalue weighted by Crippen LogP contribution is -2.36. The molecule has 2 rings (SSSR count). The van der Waals surface area contributed by atoms with Crippen molar-refractivity contribution in [2.75, 3.05) is 71.5 Å². The Morgan fingerprint density at radius 3 is 2.17 bits per heavy atom. The predicted octanol–water partition coefficient (Wildman–Crippen LogP) is 5.22. The highest BCUT2D eigenvalue weighted by molar-refractivity contribution is 6.41. The molecular weight excluding hydrogens is 585 g/mol. The van der Waals surface area contributed by atoms with Gasteiger partial charge in [0.15, 0.2) is 0 Å². The fourth-order valence-electron chi connectivity index (χ4n) is 3.34. The number of nitrogens with one attached hydrogen (secondary N) is 3. The number of benzene rings is 2. The van der Waals surface area contributed by atoms with Crippen LogP contribution < -0.4 is 30.2 Å². The van der Waals surface area contributed by atoms with Crippen molar-refractivity contribution >= 4 is 64.8 Å². The minimum atomic E-state index is -0.618. The molecule has 2 aromatic carbocycles. The SMILES string of the molecule is C=CC(=O)Nc1cc(OCCN(C)C)ccc1N/C(=C/C(=NC)N(C)C(=O)Nc1c(Cl)c(OC)cc(OC)c1Cl)N=C. The number of likely N-dealkylation sites (N-methyl/N-ethyl adjacent to an activating group) is 2. The Morgan fingerprint density at radius 2 is 1.64 bits per heavy atom. The molecule has 0 spiro atoms. The summed E-state index contributed by atoms with van der Waals surface area (Å²) < 4.78 is 16.3. The largest absolute Gasteiger partial charge is 0.495 e. The van der Waals surface area contributed by atoms with Gasteiger partial charge in [0.2, 0.25) is 5.91 Å². The second-order valence-electron chi connectivity index (χ2n) is 8.72. The van der Waals surface area contributed by atoms with Crippen LogP contribution in [0.4, 0.5) is 21.9 Å². The Morgan fingerprint density at radius 1 is 1.00 bits per heavy atom. The van der Waals surface area contributed by atoms with Gasteiger partial charge in [-0.3, -0.25) is 14.7 Å². The van der Waals surface area contributed by atoms with Crippen LogP contribution in [0, 0.1) is 0 Å². The molecule has 0 atom stereocenters. The lowest BCUT2D eigenvalue weighted by molar-refractivity contribution is -0.111. The molecule has 2 aromatic rings. The number of methoxy groups -OCH3 is 2. The Hall–Kier alpha value is -4.26. The van der Waals surface area contributed by atoms with Crippen molar-refractivity contribution < 1.29 is 23.8 Å². The van der Waals surface area contributed by atoms with Gasteiger partial charge in [-0.05, 0) is 39.0 Å². The third-order valence-electron chi connectivity index (χ3n) is 5.62. The van der Waals surface area contributed by atoms with Crippen LogP contribution in [0.2, 0.25) is 10.0 Å². The molecule has 14 heteroatoms. The van der Waals surface area contributed by atoms with E-state index in [1.54, 1.807) is 18.2 Å². The molecule has 0 bridgehead atoms. The van der Waals surface area contributed by atoms with Crippen LogP contribution in [0.25, 0.3) is 0 Å². The number of rotatable bonds is 13. The zero-order chi connectivity index (χ0) is 31.4. The number of hydrogen-bond acceptors (Lipinski definition) is 9. The number of carbonyl (C=O) groups is 2. The van der Waals surface area contributed by atoms with Gasteiger partial charge < -0.3 is 35.1 Å². The molecule has 0 radical (unpaired) electrons. The summed E-state index contributed by atoms with van der Waals surface area (Å²) >= 11 is 12.8. The molecule has 0 unspecified atom stereocenters. The Labute approximate surface area is 255 Å². The van der Waals surface area contributed by atoms with Crippen molar-refractivity contribution in [3.63, 3.8) is 0 Å². The molecular formula is C28H35Cl2N7O5. The number of ether oxygens (including phenoxy) is 3. The number of amidine groups is 1. The maximum atomic E-state index is 13.2. The van der Waals surface area contributed by atoms with Crippen LogP contribution in [-0.4, -0.2) is 89.9 Å². The van der Waals surface area contributed by atoms with E-state index < -0.39 is 11.9 Å². The van der Waals surface area contributed by atoms with Gasteiger partial charge in [-0.1, -0.05) is 29.8 Å². The molecule has 3 amide bonds. The number of carbonyl (C=O) groups excluding carboxylic acids is 2. The summed E-state index contributed by atoms with van der Waals surface area (Å²) in [5.41, 5.74) is 0.990. The lowest BCUT2D eigenvalue weighted by Gasteiger charge is -2.21. The van der Waals surface area contributed by atoms with Gasteiger partial charge in [0.1, 0.15) is 45.6 Å². The topological polar surface area (TPSA) is 129 Å². The van der Waals surface area contributed by atoms with E-state index in [1.165, 1.54) is 45.4 Å². The highest BCUT2D eigenvalue weighted by atomic mass is 35.5. The number of nitrogens with zero attached hydrogens (tertiary/aromatic N) is 4. The Balaban J connectivity index is 2.33. The summed E-state index contributed by atoms with van der Waals surface area (Å²) in [6.07, 6.45) is 2.64. The average Bonchev–Trinajstić information content (AvgIpc) is 2.97. The first kappa shape index (κ1) is 33.9. The zero-order valence-corrected chi connectivity index (χ0v) is 25.9. The maximum Gasteiger partial charge on any atom is 0.327 e. The lowest BCUT2D eigenvalue weighted by atomic mass is 10.2. The van der Waals surface area contributed by atoms with Crippen LogP contribution in [0.5, 0.6) is 17.2 Å². The van der Waals surface area contributed by atoms with E-state index in [9.17, 15) is 9.59 Å². The number of aliphatic imine (C=N–C) groups is 2. The maximum absolute atomic E-state index is 13.2. The Bertz CT molecular complexity index is 1350. The predicted molar refractivity (Wildman–Crippen MR) is 170 cm³/mol. The van der Waals surface area contributed by atoms with Gasteiger partial charge in [-0.15, -0.1) is 0 Å². The highest BCUT2D eigenvalue weighted by Gasteiger charge is 2.22. The van der Waals surface area contributed by atoms with Crippen LogP contribution in [0.15, 0.2) is 58.8 Å². The summed E-state index contributed by atoms with van der Waals surface area (Å²) in [6, 6.07) is 6.01. The van der Waals surface area contributed by atoms with Gasteiger partial charge >= 0.3 is 6.03 Å². The summed E-state index contributed by atoms with van der Waals surface area (Å²) in [4.78, 5) is 36.7. The van der Waals surface area contributed by atoms with Crippen molar-refractivity contribution in [1.29, 1.82) is 0 Å². The number of halogens is 2. The van der Waals surface area contributed by atoms with E-state index in [-0.39, 0.29) is 38.9 Å². The number of anilines is 3. The van der Waals surface area contributed by atoms with Crippen LogP contribution in [0.1, 0.15) is 0 Å². The van der Waals surface area contributed by atoms with Gasteiger partial charge in [0.25, 0.3) is 0 Å². The van der Waals surface area contributed by atoms with E-state index in [2.05, 4.69) is 39.2 Å². The summed E-state index contributed by atoms with van der Waals surface area (Å²) in [5.74, 6) is 1.08. The van der Waals surface area contributed by atoms with Gasteiger partial charge in [-0.2, -0.15) is 0 Å². The monoisotopic (exact) mass is 619 g/mol. The molecule has 226 valence electrons. The van der Waals surface area contributed by atoms with E-state index in [0.717, 1.165) is 6.08 Å². The molecule has 0 fully saturated rings. The number of amides is 3. The quantitative estimate of drug-likeness (QED) is 0.159. The number of urea groups is 1. The molecule has 0 aliphatic heterocycles. The highest BCUT2D eigenvalue weighted by Crippen LogP contribution is 2.44. The number of hydrogen-bond donors (Lipinski definition) is 3.